The quantitative estimate of drug-likeness (QED) is 0.0188. The van der Waals surface area contributed by atoms with Crippen LogP contribution in [0.25, 0.3) is 69.3 Å². The number of rotatable bonds is 39. The number of hydrogen-bond donors (Lipinski definition) is 8. The van der Waals surface area contributed by atoms with Gasteiger partial charge in [-0.1, -0.05) is 111 Å². The Bertz CT molecular complexity index is 5390. The SMILES string of the molecule is CC(C)c1nc(N(C)S(C)(=O)=O)nc(-c2ccc(F)cc2)c1/C=C/[C@@H](O)C[C@@H](O)CC(=O)[O-].CC(C)c1nc(N(C)S(C)(=O)=O)nc(-c2ccc(F)cc2)c1/C=C/[C@@H](O)C[C@@H](O)CC(=O)[O-].CC(C)c1nc(N(C)S(C)(=O)=O)nc(-c2ccc(F)cc2)c1/C=C/[C@@H](O)C[C@@H](O)CC(=O)[O-].CC[C@H](O)C[C@H](O)/C=C/c1c(-c2ccc(F)cc2)nc(N(C)S(C)(=O)=O)nc1C(C)C.[Ca+2].[Na+].[Na+]. The molecule has 0 unspecified atom stereocenters. The Labute approximate surface area is 847 Å². The van der Waals surface area contributed by atoms with Crippen LogP contribution >= 0.6 is 0 Å². The number of hydrogen-bond acceptors (Lipinski definition) is 30. The molecule has 0 fully saturated rings. The smallest absolute Gasteiger partial charge is 0.550 e. The van der Waals surface area contributed by atoms with E-state index in [1.807, 2.05) is 62.3 Å². The fraction of sp³-hybridized carbons (Fsp3) is 0.420. The summed E-state index contributed by atoms with van der Waals surface area (Å²) in [5.74, 6) is -6.91. The second kappa shape index (κ2) is 55.0. The van der Waals surface area contributed by atoms with Crippen molar-refractivity contribution in [2.75, 3.05) is 70.4 Å². The summed E-state index contributed by atoms with van der Waals surface area (Å²) in [5.41, 5.74) is 7.46. The first kappa shape index (κ1) is 121. The van der Waals surface area contributed by atoms with Crippen LogP contribution in [0.1, 0.15) is 182 Å². The average molecular weight is 1980 g/mol. The summed E-state index contributed by atoms with van der Waals surface area (Å²) in [6.07, 6.45) is 5.23. The molecule has 0 saturated heterocycles. The predicted octanol–water partition coefficient (Wildman–Crippen LogP) is 0.165. The third kappa shape index (κ3) is 39.0. The van der Waals surface area contributed by atoms with Crippen molar-refractivity contribution in [2.24, 2.45) is 0 Å². The van der Waals surface area contributed by atoms with Crippen molar-refractivity contribution in [3.8, 4) is 45.0 Å². The first-order chi connectivity index (χ1) is 60.3. The van der Waals surface area contributed by atoms with Gasteiger partial charge in [-0.05, 0) is 127 Å². The van der Waals surface area contributed by atoms with Gasteiger partial charge in [0.15, 0.2) is 0 Å². The molecule has 4 heterocycles. The van der Waals surface area contributed by atoms with Gasteiger partial charge in [0.1, 0.15) is 23.3 Å². The Balaban J connectivity index is 0.000000596. The molecule has 0 bridgehead atoms. The monoisotopic (exact) mass is 1980 g/mol. The fourth-order valence-electron chi connectivity index (χ4n) is 12.0. The molecule has 0 aliphatic heterocycles. The molecule has 8 atom stereocenters. The maximum Gasteiger partial charge on any atom is 2.00 e. The van der Waals surface area contributed by atoms with Crippen molar-refractivity contribution in [1.29, 1.82) is 0 Å². The van der Waals surface area contributed by atoms with Gasteiger partial charge in [0.2, 0.25) is 63.9 Å². The van der Waals surface area contributed by atoms with Gasteiger partial charge in [0.05, 0.1) is 119 Å². The van der Waals surface area contributed by atoms with Crippen LogP contribution in [0, 0.1) is 23.3 Å². The third-order valence-corrected chi connectivity index (χ3v) is 23.9. The molecular formula is C88H111CaF4N12Na2O22S4+. The fourth-order valence-corrected chi connectivity index (χ4v) is 13.5. The summed E-state index contributed by atoms with van der Waals surface area (Å²) in [6, 6.07) is 22.1. The molecule has 0 aliphatic rings. The molecule has 8 N–H and O–H groups in total. The van der Waals surface area contributed by atoms with Crippen LogP contribution in [0.5, 0.6) is 0 Å². The molecule has 0 radical (unpaired) electrons. The predicted molar refractivity (Wildman–Crippen MR) is 487 cm³/mol. The molecule has 45 heteroatoms. The van der Waals surface area contributed by atoms with E-state index in [0.29, 0.717) is 96.5 Å². The van der Waals surface area contributed by atoms with Crippen molar-refractivity contribution < 1.29 is 181 Å². The van der Waals surface area contributed by atoms with Gasteiger partial charge in [-0.15, -0.1) is 0 Å². The van der Waals surface area contributed by atoms with Gasteiger partial charge in [0, 0.05) is 136 Å². The molecular weight excluding hydrogens is 1870 g/mol. The second-order valence-corrected chi connectivity index (χ2v) is 39.7. The minimum atomic E-state index is -3.66. The maximum atomic E-state index is 13.5. The number of nitrogens with zero attached hydrogens (tertiary/aromatic N) is 12. The summed E-state index contributed by atoms with van der Waals surface area (Å²) in [4.78, 5) is 67.2. The van der Waals surface area contributed by atoms with E-state index in [0.717, 1.165) is 42.2 Å². The number of carbonyl (C=O) groups excluding carboxylic acids is 3. The van der Waals surface area contributed by atoms with E-state index < -0.39 is 149 Å². The van der Waals surface area contributed by atoms with E-state index in [1.165, 1.54) is 150 Å². The first-order valence-electron chi connectivity index (χ1n) is 40.6. The van der Waals surface area contributed by atoms with Gasteiger partial charge in [0.25, 0.3) is 0 Å². The molecule has 8 rings (SSSR count). The van der Waals surface area contributed by atoms with Gasteiger partial charge in [-0.2, -0.15) is 0 Å². The van der Waals surface area contributed by atoms with Crippen molar-refractivity contribution in [1.82, 2.24) is 39.9 Å². The molecule has 0 amide bonds. The number of halogens is 4. The molecule has 4 aromatic heterocycles. The molecule has 0 spiro atoms. The van der Waals surface area contributed by atoms with E-state index in [-0.39, 0.29) is 170 Å². The van der Waals surface area contributed by atoms with E-state index >= 15 is 0 Å². The Morgan fingerprint density at radius 1 is 0.331 bits per heavy atom. The van der Waals surface area contributed by atoms with Crippen LogP contribution in [0.4, 0.5) is 41.4 Å². The number of carboxylic acids is 3. The minimum absolute atomic E-state index is 0. The summed E-state index contributed by atoms with van der Waals surface area (Å²) >= 11 is 0. The van der Waals surface area contributed by atoms with Gasteiger partial charge < -0.3 is 70.6 Å². The number of aromatic nitrogens is 8. The van der Waals surface area contributed by atoms with Crippen LogP contribution in [0.2, 0.25) is 0 Å². The first-order valence-corrected chi connectivity index (χ1v) is 47.9. The Hall–Kier alpha value is -7.77. The number of sulfonamides is 4. The Morgan fingerprint density at radius 2 is 0.496 bits per heavy atom. The molecule has 133 heavy (non-hydrogen) atoms. The summed E-state index contributed by atoms with van der Waals surface area (Å²) < 4.78 is 154. The maximum absolute atomic E-state index is 13.5. The number of benzene rings is 4. The summed E-state index contributed by atoms with van der Waals surface area (Å²) in [6.45, 7) is 16.7. The van der Waals surface area contributed by atoms with Crippen LogP contribution in [-0.2, 0) is 54.5 Å². The molecule has 710 valence electrons. The van der Waals surface area contributed by atoms with Gasteiger partial charge in [-0.25, -0.2) is 108 Å². The molecule has 34 nitrogen and oxygen atoms in total. The van der Waals surface area contributed by atoms with Gasteiger partial charge in [-0.3, -0.25) is 0 Å². The van der Waals surface area contributed by atoms with Crippen molar-refractivity contribution in [3.05, 3.63) is 190 Å². The number of carbonyl (C=O) groups is 3. The normalized spacial score (nSPS) is 13.7. The van der Waals surface area contributed by atoms with E-state index in [1.54, 1.807) is 24.3 Å². The van der Waals surface area contributed by atoms with Crippen molar-refractivity contribution in [3.63, 3.8) is 0 Å². The van der Waals surface area contributed by atoms with E-state index in [2.05, 4.69) is 39.9 Å². The zero-order chi connectivity index (χ0) is 98.1. The number of carboxylic acid groups (broad SMARTS) is 3. The zero-order valence-corrected chi connectivity index (χ0v) is 86.9. The topological polar surface area (TPSA) is 535 Å². The van der Waals surface area contributed by atoms with Crippen molar-refractivity contribution in [2.45, 2.75) is 186 Å². The largest absolute Gasteiger partial charge is 2.00 e. The van der Waals surface area contributed by atoms with Crippen LogP contribution in [0.3, 0.4) is 0 Å². The van der Waals surface area contributed by atoms with Crippen LogP contribution < -0.4 is 91.7 Å². The average Bonchev–Trinajstić information content (AvgIpc) is 0.794. The van der Waals surface area contributed by atoms with E-state index in [4.69, 9.17) is 0 Å². The number of aliphatic carboxylic acids is 3. The number of aliphatic hydroxyl groups excluding tert-OH is 8. The third-order valence-electron chi connectivity index (χ3n) is 19.3. The van der Waals surface area contributed by atoms with Crippen LogP contribution in [-0.4, -0.2) is 272 Å². The van der Waals surface area contributed by atoms with Crippen molar-refractivity contribution >= 4 is 144 Å². The summed E-state index contributed by atoms with van der Waals surface area (Å²) in [5, 5.41) is 112. The minimum Gasteiger partial charge on any atom is -0.550 e. The zero-order valence-electron chi connectivity index (χ0n) is 77.5. The standard InChI is InChI=1S/3C22H28FN3O6S.C22H30FN3O4S.Ca.2Na/c3*1-13(2)20-18(10-9-16(27)11-17(28)12-19(29)30)21(14-5-7-15(23)8-6-14)25-22(24-20)26(3)33(4,31)32;1-6-17(27)13-18(28)11-12-19-20(14(2)3)24-22(26(4)31(5,29)30)25-21(19)15-7-9-16(23)10-8-15;;;/h3*5-10,13,16-17,27-28H,11-12H2,1-4H3,(H,29,30);7-12,14,17-18,27-28H,6,13H2,1-5H3;;;/q;;;;+2;2*+1/p-3/b3*10-9+;12-11+;;;/t3*16-,17-;17-,18+;;;/m1110.../s1. The van der Waals surface area contributed by atoms with Crippen LogP contribution in [0.15, 0.2) is 121 Å². The summed E-state index contributed by atoms with van der Waals surface area (Å²) in [7, 11) is -9.23. The van der Waals surface area contributed by atoms with E-state index in [9.17, 15) is 122 Å². The molecule has 0 saturated carbocycles. The Morgan fingerprint density at radius 3 is 0.639 bits per heavy atom. The van der Waals surface area contributed by atoms with Gasteiger partial charge >= 0.3 is 96.9 Å². The Kier molecular flexibility index (Phi) is 50.1. The second-order valence-electron chi connectivity index (χ2n) is 31.7. The molecule has 0 aliphatic carbocycles. The number of aliphatic hydroxyl groups is 8. The molecule has 8 aromatic rings. The molecule has 4 aromatic carbocycles. The number of anilines is 4.